The summed E-state index contributed by atoms with van der Waals surface area (Å²) in [6, 6.07) is 3.73. The Hall–Kier alpha value is -0.800. The van der Waals surface area contributed by atoms with E-state index in [0.29, 0.717) is 25.0 Å². The second-order valence-electron chi connectivity index (χ2n) is 3.23. The molecule has 3 nitrogen and oxygen atoms in total. The average Bonchev–Trinajstić information content (AvgIpc) is 2.27. The summed E-state index contributed by atoms with van der Waals surface area (Å²) in [5.41, 5.74) is 0.987. The van der Waals surface area contributed by atoms with E-state index in [9.17, 15) is 0 Å². The predicted octanol–water partition coefficient (Wildman–Crippen LogP) is 2.62. The molecule has 0 aliphatic carbocycles. The van der Waals surface area contributed by atoms with Crippen molar-refractivity contribution in [3.05, 3.63) is 23.9 Å². The lowest BCUT2D eigenvalue weighted by Crippen LogP contribution is -2.19. The Morgan fingerprint density at radius 2 is 2.27 bits per heavy atom. The fraction of sp³-hybridized carbons (Fsp3) is 0.545. The van der Waals surface area contributed by atoms with Gasteiger partial charge in [-0.1, -0.05) is 6.07 Å². The van der Waals surface area contributed by atoms with Crippen LogP contribution in [-0.2, 0) is 10.6 Å². The molecule has 1 atom stereocenters. The zero-order valence-electron chi connectivity index (χ0n) is 9.07. The summed E-state index contributed by atoms with van der Waals surface area (Å²) in [5, 5.41) is 0. The molecule has 1 unspecified atom stereocenters. The van der Waals surface area contributed by atoms with Gasteiger partial charge in [-0.15, -0.1) is 11.6 Å². The molecule has 1 aromatic heterocycles. The molecule has 1 aromatic rings. The molecule has 0 aliphatic rings. The Morgan fingerprint density at radius 3 is 2.80 bits per heavy atom. The maximum atomic E-state index is 5.65. The summed E-state index contributed by atoms with van der Waals surface area (Å²) in [6.45, 7) is 5.19. The van der Waals surface area contributed by atoms with E-state index in [1.165, 1.54) is 0 Å². The second kappa shape index (κ2) is 6.64. The van der Waals surface area contributed by atoms with Gasteiger partial charge in [-0.05, 0) is 19.4 Å². The van der Waals surface area contributed by atoms with E-state index in [2.05, 4.69) is 4.98 Å². The summed E-state index contributed by atoms with van der Waals surface area (Å²) in [7, 11) is 0. The minimum absolute atomic E-state index is 0.0132. The fourth-order valence-electron chi connectivity index (χ4n) is 1.08. The first-order chi connectivity index (χ1) is 7.26. The average molecular weight is 230 g/mol. The third-order valence-corrected chi connectivity index (χ3v) is 2.14. The molecule has 0 bridgehead atoms. The third-order valence-electron chi connectivity index (χ3n) is 1.83. The fourth-order valence-corrected chi connectivity index (χ4v) is 1.24. The van der Waals surface area contributed by atoms with Crippen LogP contribution in [0.25, 0.3) is 0 Å². The Labute approximate surface area is 95.4 Å². The molecular formula is C11H16ClNO2. The van der Waals surface area contributed by atoms with Gasteiger partial charge in [0, 0.05) is 24.8 Å². The first-order valence-corrected chi connectivity index (χ1v) is 5.55. The molecule has 0 saturated carbocycles. The Kier molecular flexibility index (Phi) is 5.43. The number of hydrogen-bond donors (Lipinski definition) is 0. The molecule has 84 valence electrons. The van der Waals surface area contributed by atoms with Gasteiger partial charge in [0.1, 0.15) is 6.10 Å². The number of alkyl halides is 1. The summed E-state index contributed by atoms with van der Waals surface area (Å²) < 4.78 is 10.8. The van der Waals surface area contributed by atoms with Crippen LogP contribution >= 0.6 is 11.6 Å². The number of nitrogens with zero attached hydrogens (tertiary/aromatic N) is 1. The highest BCUT2D eigenvalue weighted by molar-refractivity contribution is 6.17. The SMILES string of the molecule is CCOCC(C)Oc1ccc(CCl)cn1. The molecule has 4 heteroatoms. The van der Waals surface area contributed by atoms with Crippen molar-refractivity contribution in [2.24, 2.45) is 0 Å². The molecule has 15 heavy (non-hydrogen) atoms. The van der Waals surface area contributed by atoms with Gasteiger partial charge in [0.15, 0.2) is 0 Å². The molecule has 0 N–H and O–H groups in total. The monoisotopic (exact) mass is 229 g/mol. The molecule has 1 rings (SSSR count). The maximum absolute atomic E-state index is 5.65. The second-order valence-corrected chi connectivity index (χ2v) is 3.49. The number of ether oxygens (including phenoxy) is 2. The quantitative estimate of drug-likeness (QED) is 0.703. The molecule has 0 aliphatic heterocycles. The van der Waals surface area contributed by atoms with Gasteiger partial charge in [-0.25, -0.2) is 4.98 Å². The van der Waals surface area contributed by atoms with E-state index in [4.69, 9.17) is 21.1 Å². The topological polar surface area (TPSA) is 31.4 Å². The summed E-state index contributed by atoms with van der Waals surface area (Å²) in [4.78, 5) is 4.14. The van der Waals surface area contributed by atoms with Crippen molar-refractivity contribution >= 4 is 11.6 Å². The van der Waals surface area contributed by atoms with Crippen LogP contribution in [0.5, 0.6) is 5.88 Å². The maximum Gasteiger partial charge on any atom is 0.213 e. The summed E-state index contributed by atoms with van der Waals surface area (Å²) >= 11 is 5.65. The molecule has 0 amide bonds. The first-order valence-electron chi connectivity index (χ1n) is 5.01. The Bertz CT molecular complexity index is 276. The minimum Gasteiger partial charge on any atom is -0.472 e. The molecule has 1 heterocycles. The van der Waals surface area contributed by atoms with Crippen molar-refractivity contribution in [2.45, 2.75) is 25.8 Å². The van der Waals surface area contributed by atoms with E-state index in [1.807, 2.05) is 26.0 Å². The number of aromatic nitrogens is 1. The highest BCUT2D eigenvalue weighted by atomic mass is 35.5. The normalized spacial score (nSPS) is 12.5. The van der Waals surface area contributed by atoms with Gasteiger partial charge in [-0.2, -0.15) is 0 Å². The zero-order valence-corrected chi connectivity index (χ0v) is 9.83. The Morgan fingerprint density at radius 1 is 1.47 bits per heavy atom. The van der Waals surface area contributed by atoms with Crippen LogP contribution in [-0.4, -0.2) is 24.3 Å². The van der Waals surface area contributed by atoms with Crippen molar-refractivity contribution in [3.8, 4) is 5.88 Å². The van der Waals surface area contributed by atoms with Crippen LogP contribution < -0.4 is 4.74 Å². The Balaban J connectivity index is 2.42. The van der Waals surface area contributed by atoms with Crippen molar-refractivity contribution < 1.29 is 9.47 Å². The van der Waals surface area contributed by atoms with E-state index in [-0.39, 0.29) is 6.10 Å². The zero-order chi connectivity index (χ0) is 11.1. The summed E-state index contributed by atoms with van der Waals surface area (Å²) in [6.07, 6.45) is 1.73. The van der Waals surface area contributed by atoms with Crippen molar-refractivity contribution in [3.63, 3.8) is 0 Å². The number of pyridine rings is 1. The van der Waals surface area contributed by atoms with Crippen molar-refractivity contribution in [1.29, 1.82) is 0 Å². The first kappa shape index (κ1) is 12.3. The standard InChI is InChI=1S/C11H16ClNO2/c1-3-14-8-9(2)15-11-5-4-10(6-12)7-13-11/h4-5,7,9H,3,6,8H2,1-2H3. The molecule has 0 fully saturated rings. The van der Waals surface area contributed by atoms with Gasteiger partial charge in [0.25, 0.3) is 0 Å². The molecular weight excluding hydrogens is 214 g/mol. The highest BCUT2D eigenvalue weighted by Gasteiger charge is 2.04. The summed E-state index contributed by atoms with van der Waals surface area (Å²) in [5.74, 6) is 1.08. The lowest BCUT2D eigenvalue weighted by atomic mass is 10.3. The smallest absolute Gasteiger partial charge is 0.213 e. The van der Waals surface area contributed by atoms with Crippen LogP contribution in [0.4, 0.5) is 0 Å². The van der Waals surface area contributed by atoms with Gasteiger partial charge in [0.05, 0.1) is 6.61 Å². The highest BCUT2D eigenvalue weighted by Crippen LogP contribution is 2.10. The van der Waals surface area contributed by atoms with Crippen molar-refractivity contribution in [1.82, 2.24) is 4.98 Å². The van der Waals surface area contributed by atoms with E-state index < -0.39 is 0 Å². The van der Waals surface area contributed by atoms with Crippen molar-refractivity contribution in [2.75, 3.05) is 13.2 Å². The van der Waals surface area contributed by atoms with Gasteiger partial charge < -0.3 is 9.47 Å². The number of rotatable bonds is 6. The van der Waals surface area contributed by atoms with Gasteiger partial charge >= 0.3 is 0 Å². The number of hydrogen-bond acceptors (Lipinski definition) is 3. The van der Waals surface area contributed by atoms with Gasteiger partial charge in [0.2, 0.25) is 5.88 Å². The van der Waals surface area contributed by atoms with Crippen LogP contribution in [0.3, 0.4) is 0 Å². The van der Waals surface area contributed by atoms with E-state index in [1.54, 1.807) is 6.20 Å². The molecule has 0 saturated heterocycles. The molecule has 0 aromatic carbocycles. The number of halogens is 1. The molecule has 0 radical (unpaired) electrons. The van der Waals surface area contributed by atoms with E-state index in [0.717, 1.165) is 5.56 Å². The lowest BCUT2D eigenvalue weighted by Gasteiger charge is -2.13. The lowest BCUT2D eigenvalue weighted by molar-refractivity contribution is 0.0633. The van der Waals surface area contributed by atoms with E-state index >= 15 is 0 Å². The third kappa shape index (κ3) is 4.49. The predicted molar refractivity (Wildman–Crippen MR) is 60.4 cm³/mol. The van der Waals surface area contributed by atoms with Crippen LogP contribution in [0.15, 0.2) is 18.3 Å². The van der Waals surface area contributed by atoms with Crippen LogP contribution in [0, 0.1) is 0 Å². The largest absolute Gasteiger partial charge is 0.472 e. The van der Waals surface area contributed by atoms with Gasteiger partial charge in [-0.3, -0.25) is 0 Å². The molecule has 0 spiro atoms. The van der Waals surface area contributed by atoms with Crippen LogP contribution in [0.1, 0.15) is 19.4 Å². The van der Waals surface area contributed by atoms with Crippen LogP contribution in [0.2, 0.25) is 0 Å². The minimum atomic E-state index is 0.0132.